The van der Waals surface area contributed by atoms with Crippen LogP contribution in [-0.2, 0) is 12.8 Å². The van der Waals surface area contributed by atoms with Gasteiger partial charge in [0.2, 0.25) is 0 Å². The molecule has 0 spiro atoms. The first-order chi connectivity index (χ1) is 11.3. The zero-order valence-corrected chi connectivity index (χ0v) is 17.0. The van der Waals surface area contributed by atoms with E-state index >= 15 is 0 Å². The monoisotopic (exact) mass is 328 g/mol. The molecule has 1 aromatic carbocycles. The number of unbranched alkanes of at least 4 members (excludes halogenated alkanes) is 2. The smallest absolute Gasteiger partial charge is 0.0279 e. The SMILES string of the molecule is CCC(C)(C)CCCCc1cc(C)cc(CCCCC2(C)CC2)c1. The van der Waals surface area contributed by atoms with Crippen molar-refractivity contribution in [3.63, 3.8) is 0 Å². The fourth-order valence-corrected chi connectivity index (χ4v) is 3.69. The Labute approximate surface area is 151 Å². The Balaban J connectivity index is 1.73. The van der Waals surface area contributed by atoms with Crippen LogP contribution >= 0.6 is 0 Å². The van der Waals surface area contributed by atoms with Crippen LogP contribution < -0.4 is 0 Å². The number of hydrogen-bond donors (Lipinski definition) is 0. The summed E-state index contributed by atoms with van der Waals surface area (Å²) in [5.74, 6) is 0. The lowest BCUT2D eigenvalue weighted by Gasteiger charge is -2.22. The summed E-state index contributed by atoms with van der Waals surface area (Å²) >= 11 is 0. The van der Waals surface area contributed by atoms with E-state index in [1.807, 2.05) is 0 Å². The molecule has 0 amide bonds. The van der Waals surface area contributed by atoms with Crippen molar-refractivity contribution in [2.75, 3.05) is 0 Å². The van der Waals surface area contributed by atoms with E-state index in [0.717, 1.165) is 5.41 Å². The average molecular weight is 329 g/mol. The molecule has 0 saturated heterocycles. The van der Waals surface area contributed by atoms with Crippen LogP contribution in [0.5, 0.6) is 0 Å². The van der Waals surface area contributed by atoms with E-state index in [1.54, 1.807) is 11.1 Å². The predicted octanol–water partition coefficient (Wildman–Crippen LogP) is 7.66. The third-order valence-corrected chi connectivity index (χ3v) is 6.32. The standard InChI is InChI=1S/C24H40/c1-6-23(3,4)13-9-7-11-21-17-20(2)18-22(19-21)12-8-10-14-24(5)15-16-24/h17-19H,6-16H2,1-5H3. The first-order valence-corrected chi connectivity index (χ1v) is 10.4. The highest BCUT2D eigenvalue weighted by molar-refractivity contribution is 5.29. The summed E-state index contributed by atoms with van der Waals surface area (Å²) in [4.78, 5) is 0. The number of aryl methyl sites for hydroxylation is 3. The summed E-state index contributed by atoms with van der Waals surface area (Å²) in [6.07, 6.45) is 15.0. The van der Waals surface area contributed by atoms with Gasteiger partial charge in [-0.2, -0.15) is 0 Å². The minimum atomic E-state index is 0.524. The lowest BCUT2D eigenvalue weighted by molar-refractivity contribution is 0.309. The Morgan fingerprint density at radius 1 is 0.917 bits per heavy atom. The highest BCUT2D eigenvalue weighted by Gasteiger charge is 2.35. The molecule has 1 aromatic rings. The van der Waals surface area contributed by atoms with Crippen molar-refractivity contribution < 1.29 is 0 Å². The summed E-state index contributed by atoms with van der Waals surface area (Å²) in [5, 5.41) is 0. The van der Waals surface area contributed by atoms with Crippen LogP contribution in [0.2, 0.25) is 0 Å². The van der Waals surface area contributed by atoms with E-state index in [-0.39, 0.29) is 0 Å². The highest BCUT2D eigenvalue weighted by atomic mass is 14.4. The van der Waals surface area contributed by atoms with Crippen molar-refractivity contribution in [3.05, 3.63) is 34.9 Å². The number of hydrogen-bond acceptors (Lipinski definition) is 0. The molecule has 1 aliphatic carbocycles. The molecule has 0 heterocycles. The third kappa shape index (κ3) is 6.99. The summed E-state index contributed by atoms with van der Waals surface area (Å²) in [6, 6.07) is 7.29. The zero-order chi connectivity index (χ0) is 17.6. The van der Waals surface area contributed by atoms with E-state index in [9.17, 15) is 0 Å². The number of benzene rings is 1. The molecule has 0 heteroatoms. The fraction of sp³-hybridized carbons (Fsp3) is 0.750. The van der Waals surface area contributed by atoms with E-state index < -0.39 is 0 Å². The Hall–Kier alpha value is -0.780. The van der Waals surface area contributed by atoms with E-state index in [0.29, 0.717) is 5.41 Å². The Morgan fingerprint density at radius 3 is 2.04 bits per heavy atom. The van der Waals surface area contributed by atoms with Crippen LogP contribution in [0.4, 0.5) is 0 Å². The van der Waals surface area contributed by atoms with Gasteiger partial charge in [-0.25, -0.2) is 0 Å². The van der Waals surface area contributed by atoms with E-state index in [2.05, 4.69) is 52.8 Å². The second kappa shape index (κ2) is 8.54. The molecule has 0 aliphatic heterocycles. The summed E-state index contributed by atoms with van der Waals surface area (Å²) in [5.41, 5.74) is 5.83. The van der Waals surface area contributed by atoms with E-state index in [4.69, 9.17) is 0 Å². The Kier molecular flexibility index (Phi) is 6.96. The van der Waals surface area contributed by atoms with Crippen LogP contribution in [0.25, 0.3) is 0 Å². The summed E-state index contributed by atoms with van der Waals surface area (Å²) < 4.78 is 0. The van der Waals surface area contributed by atoms with Gasteiger partial charge in [-0.3, -0.25) is 0 Å². The van der Waals surface area contributed by atoms with Gasteiger partial charge in [0.25, 0.3) is 0 Å². The molecule has 0 bridgehead atoms. The molecule has 1 fully saturated rings. The largest absolute Gasteiger partial charge is 0.0649 e. The average Bonchev–Trinajstić information content (AvgIpc) is 3.26. The molecule has 136 valence electrons. The molecule has 0 unspecified atom stereocenters. The predicted molar refractivity (Wildman–Crippen MR) is 108 cm³/mol. The molecule has 0 radical (unpaired) electrons. The van der Waals surface area contributed by atoms with Crippen molar-refractivity contribution in [1.29, 1.82) is 0 Å². The first-order valence-electron chi connectivity index (χ1n) is 10.4. The van der Waals surface area contributed by atoms with Crippen molar-refractivity contribution >= 4 is 0 Å². The van der Waals surface area contributed by atoms with Crippen LogP contribution in [0, 0.1) is 17.8 Å². The van der Waals surface area contributed by atoms with Gasteiger partial charge in [-0.05, 0) is 80.2 Å². The van der Waals surface area contributed by atoms with Gasteiger partial charge in [0, 0.05) is 0 Å². The summed E-state index contributed by atoms with van der Waals surface area (Å²) in [7, 11) is 0. The topological polar surface area (TPSA) is 0 Å². The van der Waals surface area contributed by atoms with Crippen molar-refractivity contribution in [2.24, 2.45) is 10.8 Å². The maximum Gasteiger partial charge on any atom is -0.0279 e. The van der Waals surface area contributed by atoms with E-state index in [1.165, 1.54) is 76.2 Å². The molecule has 2 rings (SSSR count). The normalized spacial score (nSPS) is 16.4. The second-order valence-electron chi connectivity index (χ2n) is 9.57. The quantitative estimate of drug-likeness (QED) is 0.366. The Morgan fingerprint density at radius 2 is 1.50 bits per heavy atom. The molecule has 1 aliphatic rings. The zero-order valence-electron chi connectivity index (χ0n) is 17.0. The minimum Gasteiger partial charge on any atom is -0.0649 e. The van der Waals surface area contributed by atoms with Crippen LogP contribution in [-0.4, -0.2) is 0 Å². The van der Waals surface area contributed by atoms with Crippen LogP contribution in [0.15, 0.2) is 18.2 Å². The van der Waals surface area contributed by atoms with Crippen molar-refractivity contribution in [2.45, 2.75) is 105 Å². The van der Waals surface area contributed by atoms with Gasteiger partial charge in [0.15, 0.2) is 0 Å². The Bertz CT molecular complexity index is 505. The van der Waals surface area contributed by atoms with Crippen LogP contribution in [0.3, 0.4) is 0 Å². The molecule has 0 atom stereocenters. The fourth-order valence-electron chi connectivity index (χ4n) is 3.69. The highest BCUT2D eigenvalue weighted by Crippen LogP contribution is 2.49. The van der Waals surface area contributed by atoms with Gasteiger partial charge in [-0.15, -0.1) is 0 Å². The molecular weight excluding hydrogens is 288 g/mol. The lowest BCUT2D eigenvalue weighted by atomic mass is 9.84. The summed E-state index contributed by atoms with van der Waals surface area (Å²) in [6.45, 7) is 11.8. The molecular formula is C24H40. The molecule has 0 N–H and O–H groups in total. The molecule has 24 heavy (non-hydrogen) atoms. The maximum atomic E-state index is 2.48. The maximum absolute atomic E-state index is 2.48. The lowest BCUT2D eigenvalue weighted by Crippen LogP contribution is -2.09. The molecule has 0 aromatic heterocycles. The van der Waals surface area contributed by atoms with Gasteiger partial charge < -0.3 is 0 Å². The third-order valence-electron chi connectivity index (χ3n) is 6.32. The van der Waals surface area contributed by atoms with Gasteiger partial charge >= 0.3 is 0 Å². The minimum absolute atomic E-state index is 0.524. The number of rotatable bonds is 11. The van der Waals surface area contributed by atoms with Gasteiger partial charge in [-0.1, -0.05) is 70.7 Å². The second-order valence-corrected chi connectivity index (χ2v) is 9.57. The van der Waals surface area contributed by atoms with Crippen LogP contribution in [0.1, 0.15) is 102 Å². The molecule has 1 saturated carbocycles. The first kappa shape index (κ1) is 19.5. The van der Waals surface area contributed by atoms with Crippen molar-refractivity contribution in [3.8, 4) is 0 Å². The van der Waals surface area contributed by atoms with Gasteiger partial charge in [0.05, 0.1) is 0 Å². The van der Waals surface area contributed by atoms with Gasteiger partial charge in [0.1, 0.15) is 0 Å². The molecule has 0 nitrogen and oxygen atoms in total. The van der Waals surface area contributed by atoms with Crippen molar-refractivity contribution in [1.82, 2.24) is 0 Å².